The Bertz CT molecular complexity index is 395. The number of rotatable bonds is 6. The van der Waals surface area contributed by atoms with Gasteiger partial charge < -0.3 is 15.0 Å². The van der Waals surface area contributed by atoms with Crippen LogP contribution in [-0.4, -0.2) is 49.1 Å². The number of likely N-dealkylation sites (tertiary alicyclic amines) is 1. The van der Waals surface area contributed by atoms with E-state index in [1.54, 1.807) is 0 Å². The molecule has 1 rings (SSSR count). The van der Waals surface area contributed by atoms with Gasteiger partial charge in [-0.3, -0.25) is 9.79 Å². The van der Waals surface area contributed by atoms with Crippen molar-refractivity contribution in [2.75, 3.05) is 26.7 Å². The van der Waals surface area contributed by atoms with E-state index in [9.17, 15) is 4.79 Å². The molecule has 0 spiro atoms. The summed E-state index contributed by atoms with van der Waals surface area (Å²) in [4.78, 5) is 18.1. The largest absolute Gasteiger partial charge is 0.469 e. The van der Waals surface area contributed by atoms with Crippen molar-refractivity contribution < 1.29 is 9.53 Å². The molecule has 1 saturated heterocycles. The Morgan fingerprint density at radius 3 is 2.36 bits per heavy atom. The molecule has 1 aliphatic heterocycles. The van der Waals surface area contributed by atoms with E-state index >= 15 is 0 Å². The molecule has 0 unspecified atom stereocenters. The molecular weight excluding hydrogens is 393 g/mol. The van der Waals surface area contributed by atoms with Gasteiger partial charge in [0.25, 0.3) is 0 Å². The van der Waals surface area contributed by atoms with Crippen LogP contribution in [0.2, 0.25) is 0 Å². The van der Waals surface area contributed by atoms with E-state index in [1.807, 2.05) is 0 Å². The summed E-state index contributed by atoms with van der Waals surface area (Å²) in [7, 11) is 1.43. The average molecular weight is 425 g/mol. The van der Waals surface area contributed by atoms with Crippen LogP contribution in [0, 0.1) is 5.41 Å². The van der Waals surface area contributed by atoms with Crippen molar-refractivity contribution in [1.29, 1.82) is 0 Å². The zero-order valence-electron chi connectivity index (χ0n) is 14.9. The summed E-state index contributed by atoms with van der Waals surface area (Å²) in [5.74, 6) is 0.844. The molecule has 1 fully saturated rings. The Labute approximate surface area is 152 Å². The number of carbonyl (C=O) groups excluding carboxylic acids is 1. The number of nitrogens with one attached hydrogen (secondary N) is 1. The van der Waals surface area contributed by atoms with E-state index in [2.05, 4.69) is 49.6 Å². The van der Waals surface area contributed by atoms with Crippen LogP contribution in [-0.2, 0) is 9.53 Å². The molecule has 0 aromatic heterocycles. The first-order chi connectivity index (χ1) is 9.76. The van der Waals surface area contributed by atoms with Gasteiger partial charge in [0.1, 0.15) is 0 Å². The first-order valence-corrected chi connectivity index (χ1v) is 7.89. The smallest absolute Gasteiger partial charge is 0.305 e. The molecule has 0 aromatic carbocycles. The maximum atomic E-state index is 11.1. The summed E-state index contributed by atoms with van der Waals surface area (Å²) in [5.41, 5.74) is 0.411. The summed E-state index contributed by atoms with van der Waals surface area (Å²) in [6, 6.07) is 0. The predicted octanol–water partition coefficient (Wildman–Crippen LogP) is 3.03. The highest BCUT2D eigenvalue weighted by atomic mass is 127. The van der Waals surface area contributed by atoms with Crippen LogP contribution in [0.3, 0.4) is 0 Å². The zero-order valence-corrected chi connectivity index (χ0v) is 17.2. The number of carbonyl (C=O) groups is 1. The van der Waals surface area contributed by atoms with Crippen LogP contribution in [0.5, 0.6) is 0 Å². The molecule has 130 valence electrons. The van der Waals surface area contributed by atoms with Gasteiger partial charge in [0, 0.05) is 37.0 Å². The quantitative estimate of drug-likeness (QED) is 0.234. The number of halogens is 1. The summed E-state index contributed by atoms with van der Waals surface area (Å²) in [5, 5.41) is 3.37. The van der Waals surface area contributed by atoms with Gasteiger partial charge >= 0.3 is 5.97 Å². The van der Waals surface area contributed by atoms with Gasteiger partial charge in [-0.15, -0.1) is 24.0 Å². The van der Waals surface area contributed by atoms with Gasteiger partial charge in [-0.2, -0.15) is 0 Å². The molecule has 0 atom stereocenters. The molecule has 6 heteroatoms. The fourth-order valence-corrected chi connectivity index (χ4v) is 2.46. The molecule has 0 saturated carbocycles. The molecule has 0 radical (unpaired) electrons. The predicted molar refractivity (Wildman–Crippen MR) is 102 cm³/mol. The Hall–Kier alpha value is -0.530. The minimum atomic E-state index is -0.142. The third kappa shape index (κ3) is 4.99. The molecule has 1 N–H and O–H groups in total. The number of nitrogens with zero attached hydrogens (tertiary/aromatic N) is 2. The molecule has 1 heterocycles. The Morgan fingerprint density at radius 2 is 1.91 bits per heavy atom. The number of esters is 1. The van der Waals surface area contributed by atoms with Gasteiger partial charge in [0.05, 0.1) is 7.11 Å². The van der Waals surface area contributed by atoms with Gasteiger partial charge in [0.2, 0.25) is 0 Å². The lowest BCUT2D eigenvalue weighted by Crippen LogP contribution is -2.72. The molecule has 1 aliphatic rings. The average Bonchev–Trinajstić information content (AvgIpc) is 2.43. The van der Waals surface area contributed by atoms with Crippen molar-refractivity contribution in [1.82, 2.24) is 10.2 Å². The van der Waals surface area contributed by atoms with Crippen LogP contribution >= 0.6 is 24.0 Å². The highest BCUT2D eigenvalue weighted by molar-refractivity contribution is 14.0. The lowest BCUT2D eigenvalue weighted by molar-refractivity contribution is -0.140. The Kier molecular flexibility index (Phi) is 8.72. The second kappa shape index (κ2) is 8.93. The zero-order chi connectivity index (χ0) is 16.1. The molecule has 22 heavy (non-hydrogen) atoms. The monoisotopic (exact) mass is 425 g/mol. The third-order valence-electron chi connectivity index (χ3n) is 4.75. The second-order valence-corrected chi connectivity index (χ2v) is 6.80. The maximum Gasteiger partial charge on any atom is 0.305 e. The van der Waals surface area contributed by atoms with Crippen molar-refractivity contribution in [2.45, 2.75) is 59.4 Å². The van der Waals surface area contributed by atoms with E-state index in [0.29, 0.717) is 11.8 Å². The van der Waals surface area contributed by atoms with Crippen LogP contribution in [0.1, 0.15) is 53.9 Å². The first kappa shape index (κ1) is 21.5. The number of aliphatic imine (C=N–C) groups is 1. The van der Waals surface area contributed by atoms with E-state index in [-0.39, 0.29) is 35.5 Å². The van der Waals surface area contributed by atoms with Gasteiger partial charge in [-0.05, 0) is 33.6 Å². The molecular formula is C16H32IN3O2. The number of ether oxygens (including phenoxy) is 1. The van der Waals surface area contributed by atoms with Crippen molar-refractivity contribution >= 4 is 35.9 Å². The summed E-state index contributed by atoms with van der Waals surface area (Å²) in [6.07, 6.45) is 2.21. The molecule has 0 bridgehead atoms. The highest BCUT2D eigenvalue weighted by Gasteiger charge is 2.53. The SMILES string of the molecule is CCNC(=NCCCCC(=O)OC)N1CC(C)(C)C1(C)C.I. The van der Waals surface area contributed by atoms with Gasteiger partial charge in [-0.1, -0.05) is 13.8 Å². The van der Waals surface area contributed by atoms with Crippen LogP contribution in [0.4, 0.5) is 0 Å². The number of unbranched alkanes of at least 4 members (excludes halogenated alkanes) is 1. The van der Waals surface area contributed by atoms with E-state index in [1.165, 1.54) is 7.11 Å². The molecule has 0 amide bonds. The fourth-order valence-electron chi connectivity index (χ4n) is 2.46. The van der Waals surface area contributed by atoms with E-state index in [4.69, 9.17) is 4.99 Å². The topological polar surface area (TPSA) is 53.9 Å². The first-order valence-electron chi connectivity index (χ1n) is 7.89. The lowest BCUT2D eigenvalue weighted by atomic mass is 9.65. The second-order valence-electron chi connectivity index (χ2n) is 6.80. The minimum Gasteiger partial charge on any atom is -0.469 e. The minimum absolute atomic E-state index is 0. The lowest BCUT2D eigenvalue weighted by Gasteiger charge is -2.62. The number of hydrogen-bond donors (Lipinski definition) is 1. The van der Waals surface area contributed by atoms with Crippen molar-refractivity contribution in [3.05, 3.63) is 0 Å². The van der Waals surface area contributed by atoms with E-state index < -0.39 is 0 Å². The maximum absolute atomic E-state index is 11.1. The Morgan fingerprint density at radius 1 is 1.27 bits per heavy atom. The normalized spacial score (nSPS) is 19.0. The van der Waals surface area contributed by atoms with Crippen molar-refractivity contribution in [2.24, 2.45) is 10.4 Å². The van der Waals surface area contributed by atoms with Crippen molar-refractivity contribution in [3.63, 3.8) is 0 Å². The van der Waals surface area contributed by atoms with Gasteiger partial charge in [-0.25, -0.2) is 0 Å². The summed E-state index contributed by atoms with van der Waals surface area (Å²) in [6.45, 7) is 13.8. The van der Waals surface area contributed by atoms with Gasteiger partial charge in [0.15, 0.2) is 5.96 Å². The summed E-state index contributed by atoms with van der Waals surface area (Å²) >= 11 is 0. The standard InChI is InChI=1S/C16H31N3O2.HI/c1-7-17-14(18-11-9-8-10-13(20)21-6)19-12-15(2,3)16(19,4)5;/h7-12H2,1-6H3,(H,17,18);1H. The number of guanidine groups is 1. The van der Waals surface area contributed by atoms with Crippen molar-refractivity contribution in [3.8, 4) is 0 Å². The summed E-state index contributed by atoms with van der Waals surface area (Å²) < 4.78 is 4.64. The fraction of sp³-hybridized carbons (Fsp3) is 0.875. The number of hydrogen-bond acceptors (Lipinski definition) is 3. The van der Waals surface area contributed by atoms with E-state index in [0.717, 1.165) is 38.4 Å². The van der Waals surface area contributed by atoms with Crippen LogP contribution < -0.4 is 5.32 Å². The van der Waals surface area contributed by atoms with Crippen LogP contribution in [0.25, 0.3) is 0 Å². The molecule has 0 aromatic rings. The molecule has 0 aliphatic carbocycles. The Balaban J connectivity index is 0.00000441. The molecule has 5 nitrogen and oxygen atoms in total. The highest BCUT2D eigenvalue weighted by Crippen LogP contribution is 2.46. The van der Waals surface area contributed by atoms with Crippen LogP contribution in [0.15, 0.2) is 4.99 Å². The number of methoxy groups -OCH3 is 1. The third-order valence-corrected chi connectivity index (χ3v) is 4.75.